The number of amides is 1. The topological polar surface area (TPSA) is 74.2 Å². The molecule has 2 aromatic carbocycles. The Morgan fingerprint density at radius 2 is 1.84 bits per heavy atom. The minimum Gasteiger partial charge on any atom is -0.494 e. The lowest BCUT2D eigenvalue weighted by Crippen LogP contribution is -2.18. The van der Waals surface area contributed by atoms with Crippen molar-refractivity contribution in [3.8, 4) is 11.8 Å². The lowest BCUT2D eigenvalue weighted by Gasteiger charge is -2.09. The Bertz CT molecular complexity index is 738. The van der Waals surface area contributed by atoms with E-state index in [1.807, 2.05) is 42.5 Å². The molecule has 5 heteroatoms. The van der Waals surface area contributed by atoms with Gasteiger partial charge in [0.25, 0.3) is 5.91 Å². The van der Waals surface area contributed by atoms with E-state index in [0.717, 1.165) is 23.3 Å². The summed E-state index contributed by atoms with van der Waals surface area (Å²) in [5.41, 5.74) is 2.85. The third kappa shape index (κ3) is 6.28. The van der Waals surface area contributed by atoms with E-state index in [-0.39, 0.29) is 5.91 Å². The number of carbonyl (C=O) groups is 1. The first kappa shape index (κ1) is 18.5. The molecule has 0 aliphatic carbocycles. The fourth-order valence-electron chi connectivity index (χ4n) is 2.40. The Kier molecular flexibility index (Phi) is 7.48. The Morgan fingerprint density at radius 3 is 2.56 bits per heavy atom. The van der Waals surface area contributed by atoms with Crippen LogP contribution in [0.15, 0.2) is 48.5 Å². The average molecular weight is 337 g/mol. The molecule has 1 amide bonds. The van der Waals surface area contributed by atoms with Crippen molar-refractivity contribution in [1.82, 2.24) is 10.6 Å². The van der Waals surface area contributed by atoms with Crippen molar-refractivity contribution >= 4 is 5.91 Å². The summed E-state index contributed by atoms with van der Waals surface area (Å²) >= 11 is 0. The third-order valence-electron chi connectivity index (χ3n) is 3.67. The van der Waals surface area contributed by atoms with Gasteiger partial charge in [0, 0.05) is 32.1 Å². The minimum absolute atomic E-state index is 0.0805. The molecule has 5 nitrogen and oxygen atoms in total. The Morgan fingerprint density at radius 1 is 1.12 bits per heavy atom. The van der Waals surface area contributed by atoms with Crippen LogP contribution in [0.1, 0.15) is 34.3 Å². The van der Waals surface area contributed by atoms with E-state index in [2.05, 4.69) is 16.7 Å². The van der Waals surface area contributed by atoms with Crippen LogP contribution >= 0.6 is 0 Å². The number of nitriles is 1. The molecule has 25 heavy (non-hydrogen) atoms. The van der Waals surface area contributed by atoms with E-state index in [9.17, 15) is 4.79 Å². The van der Waals surface area contributed by atoms with Crippen molar-refractivity contribution in [3.63, 3.8) is 0 Å². The number of hydrogen-bond acceptors (Lipinski definition) is 4. The van der Waals surface area contributed by atoms with Gasteiger partial charge < -0.3 is 15.4 Å². The molecule has 0 saturated heterocycles. The first-order valence-corrected chi connectivity index (χ1v) is 8.33. The van der Waals surface area contributed by atoms with Gasteiger partial charge >= 0.3 is 0 Å². The zero-order valence-corrected chi connectivity index (χ0v) is 14.4. The largest absolute Gasteiger partial charge is 0.494 e. The van der Waals surface area contributed by atoms with Crippen LogP contribution in [0.25, 0.3) is 0 Å². The smallest absolute Gasteiger partial charge is 0.251 e. The summed E-state index contributed by atoms with van der Waals surface area (Å²) in [6.07, 6.45) is 1.25. The molecule has 0 aromatic heterocycles. The summed E-state index contributed by atoms with van der Waals surface area (Å²) in [6.45, 7) is 1.94. The van der Waals surface area contributed by atoms with E-state index >= 15 is 0 Å². The van der Waals surface area contributed by atoms with Gasteiger partial charge in [-0.15, -0.1) is 0 Å². The van der Waals surface area contributed by atoms with Gasteiger partial charge in [-0.05, 0) is 41.8 Å². The monoisotopic (exact) mass is 337 g/mol. The molecule has 130 valence electrons. The summed E-state index contributed by atoms with van der Waals surface area (Å²) in [7, 11) is 1.63. The summed E-state index contributed by atoms with van der Waals surface area (Å²) in [4.78, 5) is 11.7. The van der Waals surface area contributed by atoms with Gasteiger partial charge in [-0.2, -0.15) is 5.26 Å². The molecule has 0 radical (unpaired) electrons. The van der Waals surface area contributed by atoms with Crippen LogP contribution in [-0.4, -0.2) is 19.6 Å². The summed E-state index contributed by atoms with van der Waals surface area (Å²) in [6, 6.07) is 17.6. The van der Waals surface area contributed by atoms with Crippen LogP contribution in [0.2, 0.25) is 0 Å². The van der Waals surface area contributed by atoms with Crippen LogP contribution < -0.4 is 15.4 Å². The van der Waals surface area contributed by atoms with Gasteiger partial charge in [-0.1, -0.05) is 24.3 Å². The Hall–Kier alpha value is -2.84. The molecular weight excluding hydrogens is 314 g/mol. The van der Waals surface area contributed by atoms with Crippen molar-refractivity contribution in [3.05, 3.63) is 65.2 Å². The summed E-state index contributed by atoms with van der Waals surface area (Å²) in [5, 5.41) is 14.5. The van der Waals surface area contributed by atoms with Crippen LogP contribution in [0, 0.1) is 11.3 Å². The number of hydrogen-bond donors (Lipinski definition) is 2. The lowest BCUT2D eigenvalue weighted by atomic mass is 10.1. The fraction of sp³-hybridized carbons (Fsp3) is 0.300. The zero-order chi connectivity index (χ0) is 17.9. The van der Waals surface area contributed by atoms with Gasteiger partial charge in [0.15, 0.2) is 0 Å². The van der Waals surface area contributed by atoms with Gasteiger partial charge in [0.2, 0.25) is 0 Å². The van der Waals surface area contributed by atoms with Crippen LogP contribution in [0.4, 0.5) is 0 Å². The molecule has 2 aromatic rings. The first-order valence-electron chi connectivity index (χ1n) is 8.33. The van der Waals surface area contributed by atoms with Crippen molar-refractivity contribution in [2.24, 2.45) is 0 Å². The minimum atomic E-state index is -0.0805. The molecule has 0 spiro atoms. The number of ether oxygens (including phenoxy) is 1. The van der Waals surface area contributed by atoms with E-state index in [1.165, 1.54) is 0 Å². The highest BCUT2D eigenvalue weighted by molar-refractivity contribution is 5.94. The quantitative estimate of drug-likeness (QED) is 0.690. The highest BCUT2D eigenvalue weighted by Gasteiger charge is 2.03. The number of unbranched alkanes of at least 4 members (excludes halogenated alkanes) is 1. The van der Waals surface area contributed by atoms with Gasteiger partial charge in [-0.25, -0.2) is 0 Å². The van der Waals surface area contributed by atoms with Crippen LogP contribution in [0.3, 0.4) is 0 Å². The first-order chi connectivity index (χ1) is 12.2. The summed E-state index contributed by atoms with van der Waals surface area (Å²) < 4.78 is 5.64. The standard InChI is InChI=1S/C20H23N3O2/c1-22-20(24)18-8-4-6-16(12-18)14-23-15-17-7-5-9-19(13-17)25-11-3-2-10-21/h4-9,12-13,23H,2-3,11,14-15H2,1H3,(H,22,24). The predicted molar refractivity (Wildman–Crippen MR) is 97.2 cm³/mol. The molecule has 0 aliphatic heterocycles. The zero-order valence-electron chi connectivity index (χ0n) is 14.4. The molecule has 0 aliphatic rings. The van der Waals surface area contributed by atoms with Crippen molar-refractivity contribution in [1.29, 1.82) is 5.26 Å². The van der Waals surface area contributed by atoms with E-state index < -0.39 is 0 Å². The molecule has 2 rings (SSSR count). The van der Waals surface area contributed by atoms with Crippen molar-refractivity contribution < 1.29 is 9.53 Å². The number of rotatable bonds is 9. The molecule has 0 bridgehead atoms. The highest BCUT2D eigenvalue weighted by atomic mass is 16.5. The summed E-state index contributed by atoms with van der Waals surface area (Å²) in [5.74, 6) is 0.738. The lowest BCUT2D eigenvalue weighted by molar-refractivity contribution is 0.0963. The third-order valence-corrected chi connectivity index (χ3v) is 3.67. The second-order valence-corrected chi connectivity index (χ2v) is 5.64. The van der Waals surface area contributed by atoms with Crippen LogP contribution in [-0.2, 0) is 13.1 Å². The Balaban J connectivity index is 1.83. The average Bonchev–Trinajstić information content (AvgIpc) is 2.65. The maximum Gasteiger partial charge on any atom is 0.251 e. The second kappa shape index (κ2) is 10.1. The van der Waals surface area contributed by atoms with E-state index in [1.54, 1.807) is 13.1 Å². The van der Waals surface area contributed by atoms with E-state index in [4.69, 9.17) is 10.00 Å². The molecule has 0 atom stereocenters. The maximum absolute atomic E-state index is 11.7. The number of nitrogens with zero attached hydrogens (tertiary/aromatic N) is 1. The SMILES string of the molecule is CNC(=O)c1cccc(CNCc2cccc(OCCCC#N)c2)c1. The number of benzene rings is 2. The molecule has 2 N–H and O–H groups in total. The van der Waals surface area contributed by atoms with E-state index in [0.29, 0.717) is 31.7 Å². The van der Waals surface area contributed by atoms with Crippen LogP contribution in [0.5, 0.6) is 5.75 Å². The van der Waals surface area contributed by atoms with Crippen molar-refractivity contribution in [2.75, 3.05) is 13.7 Å². The van der Waals surface area contributed by atoms with Gasteiger partial charge in [-0.3, -0.25) is 4.79 Å². The van der Waals surface area contributed by atoms with Gasteiger partial charge in [0.05, 0.1) is 12.7 Å². The Labute approximate surface area is 148 Å². The molecular formula is C20H23N3O2. The number of nitrogens with one attached hydrogen (secondary N) is 2. The van der Waals surface area contributed by atoms with Gasteiger partial charge in [0.1, 0.15) is 5.75 Å². The predicted octanol–water partition coefficient (Wildman–Crippen LogP) is 3.02. The highest BCUT2D eigenvalue weighted by Crippen LogP contribution is 2.14. The second-order valence-electron chi connectivity index (χ2n) is 5.64. The normalized spacial score (nSPS) is 10.1. The fourth-order valence-corrected chi connectivity index (χ4v) is 2.40. The number of carbonyl (C=O) groups excluding carboxylic acids is 1. The van der Waals surface area contributed by atoms with Crippen molar-refractivity contribution in [2.45, 2.75) is 25.9 Å². The maximum atomic E-state index is 11.7. The molecule has 0 heterocycles. The molecule has 0 unspecified atom stereocenters. The molecule has 0 saturated carbocycles. The molecule has 0 fully saturated rings.